The Balaban J connectivity index is 1.81. The van der Waals surface area contributed by atoms with Crippen molar-refractivity contribution in [1.82, 2.24) is 14.8 Å². The van der Waals surface area contributed by atoms with Gasteiger partial charge >= 0.3 is 0 Å². The number of pyridine rings is 1. The molecule has 0 saturated carbocycles. The molecule has 1 N–H and O–H groups in total. The molecule has 9 heteroatoms. The molecule has 0 radical (unpaired) electrons. The quantitative estimate of drug-likeness (QED) is 0.341. The first-order chi connectivity index (χ1) is 14.9. The van der Waals surface area contributed by atoms with E-state index in [1.165, 1.54) is 18.2 Å². The topological polar surface area (TPSA) is 103 Å². The van der Waals surface area contributed by atoms with Crippen molar-refractivity contribution < 1.29 is 9.72 Å². The average Bonchev–Trinajstić information content (AvgIpc) is 3.15. The molecule has 0 saturated heterocycles. The Morgan fingerprint density at radius 2 is 2.00 bits per heavy atom. The molecule has 2 heterocycles. The number of carbonyl (C=O) groups is 1. The van der Waals surface area contributed by atoms with E-state index in [9.17, 15) is 14.9 Å². The van der Waals surface area contributed by atoms with E-state index in [1.54, 1.807) is 12.1 Å². The summed E-state index contributed by atoms with van der Waals surface area (Å²) in [6.07, 6.45) is 1.89. The largest absolute Gasteiger partial charge is 0.320 e. The van der Waals surface area contributed by atoms with Crippen LogP contribution in [0, 0.1) is 17.0 Å². The van der Waals surface area contributed by atoms with Gasteiger partial charge in [0.15, 0.2) is 0 Å². The van der Waals surface area contributed by atoms with Gasteiger partial charge < -0.3 is 5.32 Å². The molecule has 0 aliphatic carbocycles. The first-order valence-electron chi connectivity index (χ1n) is 9.57. The van der Waals surface area contributed by atoms with E-state index < -0.39 is 10.8 Å². The minimum atomic E-state index is -0.542. The second kappa shape index (κ2) is 8.16. The smallest absolute Gasteiger partial charge is 0.271 e. The summed E-state index contributed by atoms with van der Waals surface area (Å²) in [7, 11) is 0. The maximum absolute atomic E-state index is 13.2. The van der Waals surface area contributed by atoms with Crippen LogP contribution in [-0.4, -0.2) is 25.6 Å². The number of halogens is 1. The number of nitrogens with zero attached hydrogens (tertiary/aromatic N) is 4. The van der Waals surface area contributed by atoms with Gasteiger partial charge in [-0.25, -0.2) is 4.98 Å². The Kier molecular flexibility index (Phi) is 5.39. The van der Waals surface area contributed by atoms with Crippen LogP contribution in [0.25, 0.3) is 22.2 Å². The first kappa shape index (κ1) is 20.5. The summed E-state index contributed by atoms with van der Waals surface area (Å²) < 4.78 is 1.81. The maximum atomic E-state index is 13.2. The molecule has 1 amide bonds. The van der Waals surface area contributed by atoms with Crippen LogP contribution in [0.4, 0.5) is 11.4 Å². The van der Waals surface area contributed by atoms with Gasteiger partial charge in [-0.3, -0.25) is 19.6 Å². The number of fused-ring (bicyclic) bond motifs is 1. The molecule has 0 fully saturated rings. The summed E-state index contributed by atoms with van der Waals surface area (Å²) in [5.41, 5.74) is 3.28. The minimum absolute atomic E-state index is 0.164. The highest BCUT2D eigenvalue weighted by molar-refractivity contribution is 6.34. The van der Waals surface area contributed by atoms with Crippen molar-refractivity contribution in [2.45, 2.75) is 20.4 Å². The molecule has 2 aromatic heterocycles. The number of amides is 1. The summed E-state index contributed by atoms with van der Waals surface area (Å²) in [5.74, 6) is -0.442. The summed E-state index contributed by atoms with van der Waals surface area (Å²) in [6.45, 7) is 4.60. The number of para-hydroxylation sites is 1. The Hall–Kier alpha value is -3.78. The number of benzene rings is 2. The van der Waals surface area contributed by atoms with Gasteiger partial charge in [-0.1, -0.05) is 29.8 Å². The Morgan fingerprint density at radius 1 is 1.23 bits per heavy atom. The van der Waals surface area contributed by atoms with E-state index in [2.05, 4.69) is 10.4 Å². The molecule has 0 atom stereocenters. The number of aromatic nitrogens is 3. The van der Waals surface area contributed by atoms with Crippen LogP contribution in [0.2, 0.25) is 5.02 Å². The van der Waals surface area contributed by atoms with Crippen molar-refractivity contribution in [3.8, 4) is 11.3 Å². The van der Waals surface area contributed by atoms with Crippen LogP contribution in [0.3, 0.4) is 0 Å². The standard InChI is InChI=1S/C22H18ClN5O3/c1-3-27-12-17(13(2)26-27)20-11-16(15-6-4-5-7-19(15)24-20)22(29)25-21-10-14(28(30)31)8-9-18(21)23/h4-12H,3H2,1-2H3,(H,25,29). The second-order valence-electron chi connectivity index (χ2n) is 6.93. The van der Waals surface area contributed by atoms with Gasteiger partial charge in [-0.05, 0) is 32.0 Å². The van der Waals surface area contributed by atoms with Crippen molar-refractivity contribution >= 4 is 39.8 Å². The van der Waals surface area contributed by atoms with Crippen LogP contribution in [0.15, 0.2) is 54.7 Å². The molecule has 156 valence electrons. The van der Waals surface area contributed by atoms with Crippen LogP contribution < -0.4 is 5.32 Å². The highest BCUT2D eigenvalue weighted by atomic mass is 35.5. The number of nitro benzene ring substituents is 1. The van der Waals surface area contributed by atoms with E-state index in [4.69, 9.17) is 16.6 Å². The predicted molar refractivity (Wildman–Crippen MR) is 119 cm³/mol. The summed E-state index contributed by atoms with van der Waals surface area (Å²) >= 11 is 6.16. The number of hydrogen-bond acceptors (Lipinski definition) is 5. The van der Waals surface area contributed by atoms with Gasteiger partial charge in [-0.2, -0.15) is 5.10 Å². The van der Waals surface area contributed by atoms with Gasteiger partial charge in [0.2, 0.25) is 0 Å². The third-order valence-electron chi connectivity index (χ3n) is 4.92. The lowest BCUT2D eigenvalue weighted by atomic mass is 10.0. The van der Waals surface area contributed by atoms with E-state index in [-0.39, 0.29) is 16.4 Å². The zero-order chi connectivity index (χ0) is 22.1. The number of nitrogens with one attached hydrogen (secondary N) is 1. The van der Waals surface area contributed by atoms with Crippen molar-refractivity contribution in [1.29, 1.82) is 0 Å². The van der Waals surface area contributed by atoms with Crippen molar-refractivity contribution in [3.63, 3.8) is 0 Å². The molecule has 2 aromatic carbocycles. The second-order valence-corrected chi connectivity index (χ2v) is 7.34. The Morgan fingerprint density at radius 3 is 2.71 bits per heavy atom. The fourth-order valence-electron chi connectivity index (χ4n) is 3.34. The monoisotopic (exact) mass is 435 g/mol. The molecule has 0 spiro atoms. The molecule has 31 heavy (non-hydrogen) atoms. The molecular weight excluding hydrogens is 418 g/mol. The summed E-state index contributed by atoms with van der Waals surface area (Å²) in [4.78, 5) is 28.5. The molecule has 8 nitrogen and oxygen atoms in total. The van der Waals surface area contributed by atoms with Gasteiger partial charge in [0, 0.05) is 35.8 Å². The van der Waals surface area contributed by atoms with Crippen LogP contribution in [0.5, 0.6) is 0 Å². The zero-order valence-electron chi connectivity index (χ0n) is 16.8. The van der Waals surface area contributed by atoms with Crippen LogP contribution >= 0.6 is 11.6 Å². The van der Waals surface area contributed by atoms with E-state index in [0.29, 0.717) is 28.7 Å². The fraction of sp³-hybridized carbons (Fsp3) is 0.136. The molecule has 0 aliphatic heterocycles. The van der Waals surface area contributed by atoms with Gasteiger partial charge in [0.05, 0.1) is 38.1 Å². The Bertz CT molecular complexity index is 1330. The third-order valence-corrected chi connectivity index (χ3v) is 5.25. The lowest BCUT2D eigenvalue weighted by Gasteiger charge is -2.11. The van der Waals surface area contributed by atoms with Crippen LogP contribution in [-0.2, 0) is 6.54 Å². The predicted octanol–water partition coefficient (Wildman–Crippen LogP) is 5.24. The van der Waals surface area contributed by atoms with E-state index in [1.807, 2.05) is 42.9 Å². The van der Waals surface area contributed by atoms with Gasteiger partial charge in [-0.15, -0.1) is 0 Å². The SMILES string of the molecule is CCn1cc(-c2cc(C(=O)Nc3cc([N+](=O)[O-])ccc3Cl)c3ccccc3n2)c(C)n1. The number of anilines is 1. The first-order valence-corrected chi connectivity index (χ1v) is 9.94. The number of non-ortho nitro benzene ring substituents is 1. The fourth-order valence-corrected chi connectivity index (χ4v) is 3.51. The van der Waals surface area contributed by atoms with Gasteiger partial charge in [0.1, 0.15) is 0 Å². The molecule has 0 aliphatic rings. The zero-order valence-corrected chi connectivity index (χ0v) is 17.6. The number of hydrogen-bond donors (Lipinski definition) is 1. The molecule has 0 unspecified atom stereocenters. The number of aryl methyl sites for hydroxylation is 2. The van der Waals surface area contributed by atoms with Crippen LogP contribution in [0.1, 0.15) is 23.0 Å². The highest BCUT2D eigenvalue weighted by Gasteiger charge is 2.18. The molecule has 0 bridgehead atoms. The lowest BCUT2D eigenvalue weighted by molar-refractivity contribution is -0.384. The average molecular weight is 436 g/mol. The molecule has 4 rings (SSSR count). The van der Waals surface area contributed by atoms with Crippen molar-refractivity contribution in [2.75, 3.05) is 5.32 Å². The van der Waals surface area contributed by atoms with Crippen molar-refractivity contribution in [2.24, 2.45) is 0 Å². The summed E-state index contributed by atoms with van der Waals surface area (Å²) in [6, 6.07) is 12.9. The van der Waals surface area contributed by atoms with Gasteiger partial charge in [0.25, 0.3) is 11.6 Å². The van der Waals surface area contributed by atoms with Crippen molar-refractivity contribution in [3.05, 3.63) is 81.1 Å². The normalized spacial score (nSPS) is 10.9. The number of nitro groups is 1. The maximum Gasteiger partial charge on any atom is 0.271 e. The molecular formula is C22H18ClN5O3. The molecule has 4 aromatic rings. The number of rotatable bonds is 5. The van der Waals surface area contributed by atoms with E-state index >= 15 is 0 Å². The summed E-state index contributed by atoms with van der Waals surface area (Å²) in [5, 5.41) is 19.1. The Labute approximate surface area is 182 Å². The number of carbonyl (C=O) groups excluding carboxylic acids is 1. The minimum Gasteiger partial charge on any atom is -0.320 e. The third kappa shape index (κ3) is 3.97. The highest BCUT2D eigenvalue weighted by Crippen LogP contribution is 2.30. The lowest BCUT2D eigenvalue weighted by Crippen LogP contribution is -2.13. The van der Waals surface area contributed by atoms with E-state index in [0.717, 1.165) is 11.3 Å².